The van der Waals surface area contributed by atoms with Crippen LogP contribution in [0.25, 0.3) is 5.69 Å². The van der Waals surface area contributed by atoms with Gasteiger partial charge in [0.1, 0.15) is 0 Å². The summed E-state index contributed by atoms with van der Waals surface area (Å²) in [4.78, 5) is 12.4. The predicted octanol–water partition coefficient (Wildman–Crippen LogP) is 6.97. The average Bonchev–Trinajstić information content (AvgIpc) is 3.06. The maximum absolute atomic E-state index is 12.4. The van der Waals surface area contributed by atoms with E-state index in [1.807, 2.05) is 102 Å². The first-order valence-electron chi connectivity index (χ1n) is 9.59. The molecule has 3 aromatic rings. The number of rotatable bonds is 3. The first-order chi connectivity index (χ1) is 13.3. The number of H-pyrrole nitrogens is 1. The minimum absolute atomic E-state index is 0.210. The van der Waals surface area contributed by atoms with Crippen LogP contribution in [0.4, 0.5) is 11.4 Å². The van der Waals surface area contributed by atoms with Crippen LogP contribution in [0.5, 0.6) is 0 Å². The van der Waals surface area contributed by atoms with Gasteiger partial charge in [0.2, 0.25) is 0 Å². The number of aromatic nitrogens is 2. The molecule has 0 aliphatic heterocycles. The van der Waals surface area contributed by atoms with E-state index < -0.39 is 0 Å². The quantitative estimate of drug-likeness (QED) is 0.499. The standard InChI is InChI=1S/C16H14N4O.3C2H6/c1-12-15(18-17-13-8-4-2-5-9-13)16(21)20(19-12)14-10-6-3-7-11-14;3*1-2/h2-11,19H,1H3;3*1-2H3. The van der Waals surface area contributed by atoms with Crippen molar-refractivity contribution in [3.05, 3.63) is 76.7 Å². The largest absolute Gasteiger partial charge is 0.299 e. The Labute approximate surface area is 162 Å². The van der Waals surface area contributed by atoms with Gasteiger partial charge < -0.3 is 0 Å². The van der Waals surface area contributed by atoms with Gasteiger partial charge >= 0.3 is 0 Å². The van der Waals surface area contributed by atoms with Crippen LogP contribution >= 0.6 is 0 Å². The third-order valence-corrected chi connectivity index (χ3v) is 3.08. The van der Waals surface area contributed by atoms with Crippen LogP contribution in [0, 0.1) is 6.92 Å². The van der Waals surface area contributed by atoms with E-state index in [0.717, 1.165) is 5.69 Å². The topological polar surface area (TPSA) is 62.5 Å². The molecule has 1 N–H and O–H groups in total. The van der Waals surface area contributed by atoms with Crippen LogP contribution in [0.3, 0.4) is 0 Å². The Morgan fingerprint density at radius 2 is 1.22 bits per heavy atom. The number of aromatic amines is 1. The van der Waals surface area contributed by atoms with Gasteiger partial charge in [-0.3, -0.25) is 9.89 Å². The first-order valence-corrected chi connectivity index (χ1v) is 9.59. The molecule has 1 aromatic heterocycles. The van der Waals surface area contributed by atoms with Crippen molar-refractivity contribution in [2.75, 3.05) is 0 Å². The van der Waals surface area contributed by atoms with Gasteiger partial charge in [0.25, 0.3) is 5.56 Å². The van der Waals surface area contributed by atoms with Crippen LogP contribution in [0.1, 0.15) is 47.2 Å². The van der Waals surface area contributed by atoms with E-state index in [9.17, 15) is 4.79 Å². The van der Waals surface area contributed by atoms with Gasteiger partial charge in [-0.25, -0.2) is 4.68 Å². The van der Waals surface area contributed by atoms with Gasteiger partial charge in [-0.05, 0) is 31.2 Å². The van der Waals surface area contributed by atoms with E-state index in [1.54, 1.807) is 6.92 Å². The van der Waals surface area contributed by atoms with E-state index in [1.165, 1.54) is 4.68 Å². The summed E-state index contributed by atoms with van der Waals surface area (Å²) in [6, 6.07) is 18.7. The monoisotopic (exact) mass is 368 g/mol. The number of azo groups is 1. The minimum Gasteiger partial charge on any atom is -0.293 e. The van der Waals surface area contributed by atoms with Crippen molar-refractivity contribution < 1.29 is 0 Å². The number of aryl methyl sites for hydroxylation is 1. The van der Waals surface area contributed by atoms with Gasteiger partial charge in [0, 0.05) is 0 Å². The SMILES string of the molecule is CC.CC.CC.Cc1[nH]n(-c2ccccc2)c(=O)c1N=Nc1ccccc1. The Kier molecular flexibility index (Phi) is 12.7. The third-order valence-electron chi connectivity index (χ3n) is 3.08. The summed E-state index contributed by atoms with van der Waals surface area (Å²) < 4.78 is 1.47. The second-order valence-corrected chi connectivity index (χ2v) is 4.60. The Morgan fingerprint density at radius 1 is 0.741 bits per heavy atom. The fourth-order valence-corrected chi connectivity index (χ4v) is 2.02. The number of para-hydroxylation sites is 1. The summed E-state index contributed by atoms with van der Waals surface area (Å²) in [5, 5.41) is 11.2. The van der Waals surface area contributed by atoms with Gasteiger partial charge in [0.15, 0.2) is 5.69 Å². The van der Waals surface area contributed by atoms with E-state index in [0.29, 0.717) is 17.1 Å². The molecular formula is C22H32N4O. The molecule has 0 aliphatic carbocycles. The summed E-state index contributed by atoms with van der Waals surface area (Å²) in [7, 11) is 0. The van der Waals surface area contributed by atoms with Crippen molar-refractivity contribution in [1.82, 2.24) is 9.78 Å². The van der Waals surface area contributed by atoms with E-state index in [2.05, 4.69) is 15.3 Å². The fraction of sp³-hybridized carbons (Fsp3) is 0.318. The van der Waals surface area contributed by atoms with Crippen molar-refractivity contribution >= 4 is 11.4 Å². The summed E-state index contributed by atoms with van der Waals surface area (Å²) in [6.45, 7) is 13.8. The summed E-state index contributed by atoms with van der Waals surface area (Å²) >= 11 is 0. The lowest BCUT2D eigenvalue weighted by Crippen LogP contribution is -2.13. The van der Waals surface area contributed by atoms with E-state index >= 15 is 0 Å². The van der Waals surface area contributed by atoms with Crippen LogP contribution in [-0.2, 0) is 0 Å². The molecule has 5 heteroatoms. The predicted molar refractivity (Wildman–Crippen MR) is 116 cm³/mol. The molecule has 0 bridgehead atoms. The molecule has 0 radical (unpaired) electrons. The normalized spacial score (nSPS) is 9.30. The Morgan fingerprint density at radius 3 is 1.74 bits per heavy atom. The van der Waals surface area contributed by atoms with Gasteiger partial charge in [-0.2, -0.15) is 5.11 Å². The van der Waals surface area contributed by atoms with Gasteiger partial charge in [0.05, 0.1) is 17.1 Å². The van der Waals surface area contributed by atoms with Crippen LogP contribution in [0.2, 0.25) is 0 Å². The van der Waals surface area contributed by atoms with Crippen molar-refractivity contribution in [3.8, 4) is 5.69 Å². The van der Waals surface area contributed by atoms with Crippen molar-refractivity contribution in [1.29, 1.82) is 0 Å². The molecule has 0 atom stereocenters. The van der Waals surface area contributed by atoms with Crippen molar-refractivity contribution in [2.24, 2.45) is 10.2 Å². The second-order valence-electron chi connectivity index (χ2n) is 4.60. The highest BCUT2D eigenvalue weighted by Crippen LogP contribution is 2.18. The smallest absolute Gasteiger partial charge is 0.293 e. The molecule has 5 nitrogen and oxygen atoms in total. The molecule has 3 rings (SSSR count). The maximum atomic E-state index is 12.4. The molecule has 2 aromatic carbocycles. The number of nitrogens with zero attached hydrogens (tertiary/aromatic N) is 3. The lowest BCUT2D eigenvalue weighted by atomic mass is 10.3. The number of hydrogen-bond donors (Lipinski definition) is 1. The second kappa shape index (κ2) is 14.2. The van der Waals surface area contributed by atoms with E-state index in [4.69, 9.17) is 0 Å². The molecule has 0 unspecified atom stereocenters. The average molecular weight is 369 g/mol. The minimum atomic E-state index is -0.210. The van der Waals surface area contributed by atoms with Crippen LogP contribution in [-0.4, -0.2) is 9.78 Å². The van der Waals surface area contributed by atoms with Crippen LogP contribution in [0.15, 0.2) is 75.7 Å². The molecule has 27 heavy (non-hydrogen) atoms. The van der Waals surface area contributed by atoms with Crippen molar-refractivity contribution in [2.45, 2.75) is 48.5 Å². The van der Waals surface area contributed by atoms with Gasteiger partial charge in [-0.1, -0.05) is 77.9 Å². The third kappa shape index (κ3) is 7.05. The zero-order valence-corrected chi connectivity index (χ0v) is 17.5. The summed E-state index contributed by atoms with van der Waals surface area (Å²) in [5.74, 6) is 0. The number of nitrogens with one attached hydrogen (secondary N) is 1. The molecule has 0 amide bonds. The van der Waals surface area contributed by atoms with Crippen molar-refractivity contribution in [3.63, 3.8) is 0 Å². The highest BCUT2D eigenvalue weighted by Gasteiger charge is 2.11. The first kappa shape index (κ1) is 24.1. The molecule has 0 fully saturated rings. The maximum Gasteiger partial charge on any atom is 0.299 e. The van der Waals surface area contributed by atoms with E-state index in [-0.39, 0.29) is 5.56 Å². The fourth-order valence-electron chi connectivity index (χ4n) is 2.02. The zero-order valence-electron chi connectivity index (χ0n) is 17.5. The highest BCUT2D eigenvalue weighted by molar-refractivity contribution is 5.44. The number of benzene rings is 2. The molecule has 146 valence electrons. The molecule has 0 spiro atoms. The lowest BCUT2D eigenvalue weighted by molar-refractivity contribution is 0.835. The number of hydrogen-bond acceptors (Lipinski definition) is 3. The molecule has 0 saturated carbocycles. The Balaban J connectivity index is 0.00000103. The Bertz CT molecular complexity index is 819. The van der Waals surface area contributed by atoms with Crippen LogP contribution < -0.4 is 5.56 Å². The Hall–Kier alpha value is -2.95. The summed E-state index contributed by atoms with van der Waals surface area (Å²) in [6.07, 6.45) is 0. The molecule has 0 saturated heterocycles. The van der Waals surface area contributed by atoms with Gasteiger partial charge in [-0.15, -0.1) is 5.11 Å². The summed E-state index contributed by atoms with van der Waals surface area (Å²) in [5.41, 5.74) is 2.28. The lowest BCUT2D eigenvalue weighted by Gasteiger charge is -1.99. The molecular weight excluding hydrogens is 336 g/mol. The highest BCUT2D eigenvalue weighted by atomic mass is 16.1. The molecule has 1 heterocycles. The zero-order chi connectivity index (χ0) is 20.7. The molecule has 0 aliphatic rings.